The van der Waals surface area contributed by atoms with Gasteiger partial charge in [-0.15, -0.1) is 0 Å². The Balaban J connectivity index is 4.45. The molecule has 1 amide bonds. The molecule has 0 fully saturated rings. The Morgan fingerprint density at radius 2 is 2.00 bits per heavy atom. The molecule has 2 atom stereocenters. The lowest BCUT2D eigenvalue weighted by Crippen LogP contribution is -2.36. The number of nitrogens with two attached hydrogens (primary N) is 1. The van der Waals surface area contributed by atoms with Gasteiger partial charge >= 0.3 is 5.97 Å². The molecule has 2 unspecified atom stereocenters. The molecule has 0 spiro atoms. The van der Waals surface area contributed by atoms with Crippen LogP contribution in [0, 0.1) is 11.3 Å². The lowest BCUT2D eigenvalue weighted by atomic mass is 9.78. The molecule has 0 bridgehead atoms. The van der Waals surface area contributed by atoms with Crippen LogP contribution >= 0.6 is 0 Å². The van der Waals surface area contributed by atoms with E-state index in [4.69, 9.17) is 10.8 Å². The third kappa shape index (κ3) is 3.05. The highest BCUT2D eigenvalue weighted by atomic mass is 16.4. The van der Waals surface area contributed by atoms with Gasteiger partial charge in [-0.25, -0.2) is 0 Å². The number of hydrogen-bond acceptors (Lipinski definition) is 2. The van der Waals surface area contributed by atoms with Gasteiger partial charge in [-0.3, -0.25) is 9.59 Å². The first-order valence-electron chi connectivity index (χ1n) is 4.36. The van der Waals surface area contributed by atoms with Crippen molar-refractivity contribution in [2.75, 3.05) is 0 Å². The summed E-state index contributed by atoms with van der Waals surface area (Å²) in [4.78, 5) is 21.6. The molecule has 0 saturated heterocycles. The van der Waals surface area contributed by atoms with Gasteiger partial charge in [-0.1, -0.05) is 20.8 Å². The summed E-state index contributed by atoms with van der Waals surface area (Å²) < 4.78 is 0. The van der Waals surface area contributed by atoms with Gasteiger partial charge in [-0.05, 0) is 12.8 Å². The van der Waals surface area contributed by atoms with E-state index in [0.717, 1.165) is 0 Å². The number of primary amides is 1. The summed E-state index contributed by atoms with van der Waals surface area (Å²) in [6.07, 6.45) is 0.869. The molecule has 0 aliphatic rings. The second kappa shape index (κ2) is 4.25. The summed E-state index contributed by atoms with van der Waals surface area (Å²) in [5.74, 6) is -1.85. The predicted octanol–water partition coefficient (Wildman–Crippen LogP) is 0.999. The number of hydrogen-bond donors (Lipinski definition) is 2. The predicted molar refractivity (Wildman–Crippen MR) is 49.0 cm³/mol. The van der Waals surface area contributed by atoms with Gasteiger partial charge in [-0.2, -0.15) is 0 Å². The topological polar surface area (TPSA) is 80.4 Å². The highest BCUT2D eigenvalue weighted by Crippen LogP contribution is 2.29. The maximum atomic E-state index is 11.0. The summed E-state index contributed by atoms with van der Waals surface area (Å²) in [7, 11) is 0. The van der Waals surface area contributed by atoms with Gasteiger partial charge in [0.15, 0.2) is 0 Å². The number of rotatable bonds is 5. The van der Waals surface area contributed by atoms with E-state index in [1.165, 1.54) is 0 Å². The van der Waals surface area contributed by atoms with Crippen molar-refractivity contribution in [3.63, 3.8) is 0 Å². The Morgan fingerprint density at radius 1 is 1.54 bits per heavy atom. The molecule has 76 valence electrons. The Kier molecular flexibility index (Phi) is 3.91. The monoisotopic (exact) mass is 187 g/mol. The van der Waals surface area contributed by atoms with Gasteiger partial charge in [0, 0.05) is 5.41 Å². The number of carbonyl (C=O) groups excluding carboxylic acids is 1. The van der Waals surface area contributed by atoms with Crippen LogP contribution in [0.25, 0.3) is 0 Å². The first kappa shape index (κ1) is 11.9. The normalized spacial score (nSPS) is 17.5. The molecule has 0 rings (SSSR count). The Morgan fingerprint density at radius 3 is 2.23 bits per heavy atom. The third-order valence-corrected chi connectivity index (χ3v) is 2.55. The largest absolute Gasteiger partial charge is 0.481 e. The minimum absolute atomic E-state index is 0.300. The van der Waals surface area contributed by atoms with E-state index in [1.54, 1.807) is 13.8 Å². The minimum atomic E-state index is -0.888. The highest BCUT2D eigenvalue weighted by molar-refractivity contribution is 5.81. The number of carboxylic acids is 1. The molecule has 0 aromatic rings. The SMILES string of the molecule is CCC(C)(CC(C)C(=O)O)C(N)=O. The number of carboxylic acid groups (broad SMARTS) is 1. The van der Waals surface area contributed by atoms with Gasteiger partial charge in [0.1, 0.15) is 0 Å². The van der Waals surface area contributed by atoms with Gasteiger partial charge in [0.05, 0.1) is 5.92 Å². The Hall–Kier alpha value is -1.06. The molecule has 0 radical (unpaired) electrons. The summed E-state index contributed by atoms with van der Waals surface area (Å²) in [5.41, 5.74) is 4.50. The van der Waals surface area contributed by atoms with Crippen molar-refractivity contribution >= 4 is 11.9 Å². The maximum absolute atomic E-state index is 11.0. The summed E-state index contributed by atoms with van der Waals surface area (Å²) in [6.45, 7) is 5.12. The summed E-state index contributed by atoms with van der Waals surface area (Å²) in [5, 5.41) is 8.67. The zero-order valence-corrected chi connectivity index (χ0v) is 8.33. The molecule has 0 aromatic heterocycles. The second-order valence-electron chi connectivity index (χ2n) is 3.72. The van der Waals surface area contributed by atoms with Crippen LogP contribution in [0.15, 0.2) is 0 Å². The lowest BCUT2D eigenvalue weighted by Gasteiger charge is -2.25. The second-order valence-corrected chi connectivity index (χ2v) is 3.72. The van der Waals surface area contributed by atoms with Crippen LogP contribution < -0.4 is 5.73 Å². The first-order chi connectivity index (χ1) is 5.83. The van der Waals surface area contributed by atoms with Crippen molar-refractivity contribution < 1.29 is 14.7 Å². The van der Waals surface area contributed by atoms with Crippen molar-refractivity contribution in [2.45, 2.75) is 33.6 Å². The average molecular weight is 187 g/mol. The average Bonchev–Trinajstić information content (AvgIpc) is 2.03. The zero-order valence-electron chi connectivity index (χ0n) is 8.33. The smallest absolute Gasteiger partial charge is 0.306 e. The van der Waals surface area contributed by atoms with Crippen LogP contribution in [0.3, 0.4) is 0 Å². The van der Waals surface area contributed by atoms with Crippen LogP contribution in [0.1, 0.15) is 33.6 Å². The fourth-order valence-electron chi connectivity index (χ4n) is 1.18. The molecule has 0 heterocycles. The van der Waals surface area contributed by atoms with E-state index in [-0.39, 0.29) is 0 Å². The van der Waals surface area contributed by atoms with E-state index in [1.807, 2.05) is 6.92 Å². The minimum Gasteiger partial charge on any atom is -0.481 e. The number of aliphatic carboxylic acids is 1. The fraction of sp³-hybridized carbons (Fsp3) is 0.778. The zero-order chi connectivity index (χ0) is 10.6. The van der Waals surface area contributed by atoms with E-state index in [9.17, 15) is 9.59 Å². The van der Waals surface area contributed by atoms with Gasteiger partial charge in [0.25, 0.3) is 0 Å². The van der Waals surface area contributed by atoms with Crippen molar-refractivity contribution in [1.29, 1.82) is 0 Å². The van der Waals surface area contributed by atoms with Crippen LogP contribution in [0.5, 0.6) is 0 Å². The summed E-state index contributed by atoms with van der Waals surface area (Å²) in [6, 6.07) is 0. The molecular formula is C9H17NO3. The maximum Gasteiger partial charge on any atom is 0.306 e. The van der Waals surface area contributed by atoms with Crippen molar-refractivity contribution in [1.82, 2.24) is 0 Å². The van der Waals surface area contributed by atoms with Crippen LogP contribution in [-0.2, 0) is 9.59 Å². The Bertz CT molecular complexity index is 215. The standard InChI is InChI=1S/C9H17NO3/c1-4-9(3,8(10)13)5-6(2)7(11)12/h6H,4-5H2,1-3H3,(H2,10,13)(H,11,12). The number of amides is 1. The third-order valence-electron chi connectivity index (χ3n) is 2.55. The summed E-state index contributed by atoms with van der Waals surface area (Å²) >= 11 is 0. The fourth-order valence-corrected chi connectivity index (χ4v) is 1.18. The highest BCUT2D eigenvalue weighted by Gasteiger charge is 2.32. The van der Waals surface area contributed by atoms with E-state index < -0.39 is 23.2 Å². The molecule has 0 aromatic carbocycles. The van der Waals surface area contributed by atoms with Gasteiger partial charge in [0.2, 0.25) is 5.91 Å². The quantitative estimate of drug-likeness (QED) is 0.673. The molecular weight excluding hydrogens is 170 g/mol. The first-order valence-corrected chi connectivity index (χ1v) is 4.36. The van der Waals surface area contributed by atoms with Crippen molar-refractivity contribution in [3.8, 4) is 0 Å². The molecule has 13 heavy (non-hydrogen) atoms. The van der Waals surface area contributed by atoms with Crippen molar-refractivity contribution in [3.05, 3.63) is 0 Å². The lowest BCUT2D eigenvalue weighted by molar-refractivity contribution is -0.143. The molecule has 3 N–H and O–H groups in total. The number of carbonyl (C=O) groups is 2. The van der Waals surface area contributed by atoms with Crippen LogP contribution in [0.2, 0.25) is 0 Å². The van der Waals surface area contributed by atoms with Crippen LogP contribution in [0.4, 0.5) is 0 Å². The van der Waals surface area contributed by atoms with E-state index in [2.05, 4.69) is 0 Å². The Labute approximate surface area is 78.1 Å². The van der Waals surface area contributed by atoms with E-state index >= 15 is 0 Å². The van der Waals surface area contributed by atoms with Crippen molar-refractivity contribution in [2.24, 2.45) is 17.1 Å². The van der Waals surface area contributed by atoms with Crippen LogP contribution in [-0.4, -0.2) is 17.0 Å². The van der Waals surface area contributed by atoms with E-state index in [0.29, 0.717) is 12.8 Å². The molecule has 0 saturated carbocycles. The molecule has 4 heteroatoms. The molecule has 0 aliphatic carbocycles. The van der Waals surface area contributed by atoms with Gasteiger partial charge < -0.3 is 10.8 Å². The molecule has 0 aliphatic heterocycles. The molecule has 4 nitrogen and oxygen atoms in total.